The number of likely N-dealkylation sites (tertiary alicyclic amines) is 1. The van der Waals surface area contributed by atoms with E-state index < -0.39 is 0 Å². The van der Waals surface area contributed by atoms with Gasteiger partial charge in [-0.1, -0.05) is 30.2 Å². The number of nitrogens with one attached hydrogen (secondary N) is 2. The van der Waals surface area contributed by atoms with Crippen LogP contribution in [0.15, 0.2) is 76.5 Å². The third-order valence-electron chi connectivity index (χ3n) is 6.31. The molecule has 2 heterocycles. The molecule has 1 saturated heterocycles. The highest BCUT2D eigenvalue weighted by molar-refractivity contribution is 6.30. The van der Waals surface area contributed by atoms with E-state index in [1.807, 2.05) is 36.4 Å². The van der Waals surface area contributed by atoms with Gasteiger partial charge >= 0.3 is 0 Å². The molecule has 3 aromatic carbocycles. The van der Waals surface area contributed by atoms with Crippen molar-refractivity contribution in [3.63, 3.8) is 0 Å². The second kappa shape index (κ2) is 10.3. The summed E-state index contributed by atoms with van der Waals surface area (Å²) < 4.78 is 0. The van der Waals surface area contributed by atoms with Crippen molar-refractivity contribution < 1.29 is 5.11 Å². The van der Waals surface area contributed by atoms with Gasteiger partial charge in [0.25, 0.3) is 5.56 Å². The lowest BCUT2D eigenvalue weighted by atomic mass is 10.1. The molecule has 3 N–H and O–H groups in total. The van der Waals surface area contributed by atoms with Crippen molar-refractivity contribution in [2.75, 3.05) is 18.4 Å². The Kier molecular flexibility index (Phi) is 6.84. The van der Waals surface area contributed by atoms with E-state index >= 15 is 0 Å². The summed E-state index contributed by atoms with van der Waals surface area (Å²) in [7, 11) is 0. The number of aromatic nitrogens is 1. The van der Waals surface area contributed by atoms with Crippen LogP contribution in [0.5, 0.6) is 5.88 Å². The molecule has 5 rings (SSSR count). The van der Waals surface area contributed by atoms with Crippen LogP contribution in [-0.4, -0.2) is 34.3 Å². The zero-order valence-corrected chi connectivity index (χ0v) is 20.1. The van der Waals surface area contributed by atoms with Gasteiger partial charge in [-0.05, 0) is 86.1 Å². The number of nitrogens with zero attached hydrogens (tertiary/aromatic N) is 2. The third-order valence-corrected chi connectivity index (χ3v) is 6.56. The van der Waals surface area contributed by atoms with Gasteiger partial charge in [-0.25, -0.2) is 0 Å². The average molecular weight is 487 g/mol. The summed E-state index contributed by atoms with van der Waals surface area (Å²) in [4.78, 5) is 22.0. The van der Waals surface area contributed by atoms with Gasteiger partial charge in [0, 0.05) is 39.9 Å². The SMILES string of the molecule is O=c1[nH]c(O)c(C=Nc2ccc(CN3CCCCC3)cc2)c2cc(Nc3ccc(Cl)cc3)ccc12. The number of hydrogen-bond acceptors (Lipinski definition) is 5. The monoisotopic (exact) mass is 486 g/mol. The summed E-state index contributed by atoms with van der Waals surface area (Å²) in [6, 6.07) is 20.9. The molecular formula is C28H27ClN4O2. The zero-order chi connectivity index (χ0) is 24.2. The Morgan fingerprint density at radius 3 is 2.40 bits per heavy atom. The number of halogens is 1. The van der Waals surface area contributed by atoms with Crippen LogP contribution >= 0.6 is 11.6 Å². The minimum atomic E-state index is -0.352. The third kappa shape index (κ3) is 5.56. The van der Waals surface area contributed by atoms with E-state index in [0.29, 0.717) is 21.4 Å². The first-order valence-corrected chi connectivity index (χ1v) is 12.2. The number of aliphatic imine (C=N–C) groups is 1. The fraction of sp³-hybridized carbons (Fsp3) is 0.214. The predicted molar refractivity (Wildman–Crippen MR) is 144 cm³/mol. The maximum Gasteiger partial charge on any atom is 0.258 e. The zero-order valence-electron chi connectivity index (χ0n) is 19.3. The molecule has 0 aliphatic carbocycles. The van der Waals surface area contributed by atoms with Crippen LogP contribution in [0, 0.1) is 0 Å². The van der Waals surface area contributed by atoms with E-state index in [4.69, 9.17) is 11.6 Å². The van der Waals surface area contributed by atoms with Gasteiger partial charge in [0.2, 0.25) is 5.88 Å². The minimum absolute atomic E-state index is 0.211. The fourth-order valence-corrected chi connectivity index (χ4v) is 4.57. The van der Waals surface area contributed by atoms with E-state index in [1.165, 1.54) is 24.8 Å². The van der Waals surface area contributed by atoms with Crippen LogP contribution in [0.1, 0.15) is 30.4 Å². The van der Waals surface area contributed by atoms with Crippen LogP contribution in [0.25, 0.3) is 10.8 Å². The number of fused-ring (bicyclic) bond motifs is 1. The molecule has 0 radical (unpaired) electrons. The molecular weight excluding hydrogens is 460 g/mol. The maximum atomic E-state index is 12.4. The lowest BCUT2D eigenvalue weighted by molar-refractivity contribution is 0.221. The molecule has 0 unspecified atom stereocenters. The van der Waals surface area contributed by atoms with Gasteiger partial charge in [0.1, 0.15) is 0 Å². The number of aromatic amines is 1. The van der Waals surface area contributed by atoms with Gasteiger partial charge < -0.3 is 10.4 Å². The number of hydrogen-bond donors (Lipinski definition) is 3. The van der Waals surface area contributed by atoms with E-state index in [-0.39, 0.29) is 11.4 Å². The van der Waals surface area contributed by atoms with Crippen molar-refractivity contribution in [3.05, 3.63) is 93.2 Å². The highest BCUT2D eigenvalue weighted by atomic mass is 35.5. The first-order valence-electron chi connectivity index (χ1n) is 11.8. The summed E-state index contributed by atoms with van der Waals surface area (Å²) in [5.74, 6) is -0.211. The first-order chi connectivity index (χ1) is 17.0. The van der Waals surface area contributed by atoms with Gasteiger partial charge in [-0.3, -0.25) is 19.7 Å². The van der Waals surface area contributed by atoms with Crippen LogP contribution in [0.2, 0.25) is 5.02 Å². The second-order valence-electron chi connectivity index (χ2n) is 8.87. The van der Waals surface area contributed by atoms with Crippen molar-refractivity contribution in [2.45, 2.75) is 25.8 Å². The molecule has 0 bridgehead atoms. The van der Waals surface area contributed by atoms with Crippen LogP contribution < -0.4 is 10.9 Å². The first kappa shape index (κ1) is 23.1. The Morgan fingerprint density at radius 1 is 0.943 bits per heavy atom. The minimum Gasteiger partial charge on any atom is -0.494 e. The topological polar surface area (TPSA) is 80.7 Å². The molecule has 35 heavy (non-hydrogen) atoms. The second-order valence-corrected chi connectivity index (χ2v) is 9.31. The summed E-state index contributed by atoms with van der Waals surface area (Å²) in [6.07, 6.45) is 5.47. The molecule has 4 aromatic rings. The number of H-pyrrole nitrogens is 1. The molecule has 1 aromatic heterocycles. The average Bonchev–Trinajstić information content (AvgIpc) is 2.87. The van der Waals surface area contributed by atoms with Gasteiger partial charge in [-0.15, -0.1) is 0 Å². The van der Waals surface area contributed by atoms with E-state index in [0.717, 1.165) is 36.7 Å². The highest BCUT2D eigenvalue weighted by Crippen LogP contribution is 2.27. The number of rotatable bonds is 6. The quantitative estimate of drug-likeness (QED) is 0.277. The highest BCUT2D eigenvalue weighted by Gasteiger charge is 2.12. The number of benzene rings is 3. The molecule has 178 valence electrons. The molecule has 1 aliphatic heterocycles. The molecule has 1 aliphatic rings. The largest absolute Gasteiger partial charge is 0.494 e. The Labute approximate surface area is 208 Å². The Balaban J connectivity index is 1.40. The van der Waals surface area contributed by atoms with Gasteiger partial charge in [0.05, 0.1) is 11.3 Å². The number of aromatic hydroxyl groups is 1. The van der Waals surface area contributed by atoms with Crippen molar-refractivity contribution >= 4 is 45.7 Å². The molecule has 6 nitrogen and oxygen atoms in total. The molecule has 1 fully saturated rings. The lowest BCUT2D eigenvalue weighted by Crippen LogP contribution is -2.28. The van der Waals surface area contributed by atoms with E-state index in [2.05, 4.69) is 32.3 Å². The van der Waals surface area contributed by atoms with Crippen molar-refractivity contribution in [1.82, 2.24) is 9.88 Å². The lowest BCUT2D eigenvalue weighted by Gasteiger charge is -2.26. The maximum absolute atomic E-state index is 12.4. The summed E-state index contributed by atoms with van der Waals surface area (Å²) in [6.45, 7) is 3.28. The molecule has 0 spiro atoms. The molecule has 7 heteroatoms. The van der Waals surface area contributed by atoms with Crippen LogP contribution in [-0.2, 0) is 6.54 Å². The molecule has 0 amide bonds. The summed E-state index contributed by atoms with van der Waals surface area (Å²) >= 11 is 5.98. The van der Waals surface area contributed by atoms with E-state index in [1.54, 1.807) is 24.4 Å². The van der Waals surface area contributed by atoms with E-state index in [9.17, 15) is 9.90 Å². The van der Waals surface area contributed by atoms with Crippen molar-refractivity contribution in [2.24, 2.45) is 4.99 Å². The Bertz CT molecular complexity index is 1410. The van der Waals surface area contributed by atoms with Crippen LogP contribution in [0.4, 0.5) is 17.1 Å². The number of anilines is 2. The van der Waals surface area contributed by atoms with Crippen molar-refractivity contribution in [3.8, 4) is 5.88 Å². The molecule has 0 saturated carbocycles. The Hall–Kier alpha value is -3.61. The predicted octanol–water partition coefficient (Wildman–Crippen LogP) is 6.37. The van der Waals surface area contributed by atoms with Crippen LogP contribution in [0.3, 0.4) is 0 Å². The van der Waals surface area contributed by atoms with Gasteiger partial charge in [0.15, 0.2) is 0 Å². The summed E-state index contributed by atoms with van der Waals surface area (Å²) in [5.41, 5.74) is 3.79. The molecule has 0 atom stereocenters. The fourth-order valence-electron chi connectivity index (χ4n) is 4.45. The van der Waals surface area contributed by atoms with Crippen molar-refractivity contribution in [1.29, 1.82) is 0 Å². The standard InChI is InChI=1S/C28H27ClN4O2/c29-20-6-10-22(11-7-20)31-23-12-13-24-25(16-23)26(28(35)32-27(24)34)17-30-21-8-4-19(5-9-21)18-33-14-2-1-3-15-33/h4-13,16-17,31H,1-3,14-15,18H2,(H2,32,34,35). The normalized spacial score (nSPS) is 14.5. The summed E-state index contributed by atoms with van der Waals surface area (Å²) in [5, 5.41) is 15.6. The number of piperidine rings is 1. The Morgan fingerprint density at radius 2 is 1.66 bits per heavy atom. The smallest absolute Gasteiger partial charge is 0.258 e. The number of pyridine rings is 1. The van der Waals surface area contributed by atoms with Gasteiger partial charge in [-0.2, -0.15) is 0 Å².